The summed E-state index contributed by atoms with van der Waals surface area (Å²) in [6.45, 7) is 4.68. The molecule has 0 aliphatic heterocycles. The van der Waals surface area contributed by atoms with Crippen molar-refractivity contribution in [2.45, 2.75) is 19.3 Å². The largest absolute Gasteiger partial charge is 0.310 e. The standard InChI is InChI=1S/C39H30BrN/c1-39(2)36-17-8-6-16-34(36)35-24-23-32(26-37(35)39)41(30-21-19-28(20-22-30)27-11-4-3-5-12-27)31-14-10-13-29(25-31)33-15-7-9-18-38(33)40/h3-26H,1-2H3. The number of anilines is 3. The molecule has 6 aromatic rings. The fourth-order valence-electron chi connectivity index (χ4n) is 6.22. The van der Waals surface area contributed by atoms with Crippen LogP contribution in [0.1, 0.15) is 25.0 Å². The van der Waals surface area contributed by atoms with Crippen LogP contribution in [-0.4, -0.2) is 0 Å². The predicted octanol–water partition coefficient (Wildman–Crippen LogP) is 11.6. The van der Waals surface area contributed by atoms with Crippen LogP contribution in [0.3, 0.4) is 0 Å². The molecule has 0 saturated carbocycles. The zero-order valence-electron chi connectivity index (χ0n) is 23.2. The molecule has 7 rings (SSSR count). The lowest BCUT2D eigenvalue weighted by Gasteiger charge is -2.28. The summed E-state index contributed by atoms with van der Waals surface area (Å²) >= 11 is 3.76. The first-order valence-corrected chi connectivity index (χ1v) is 14.8. The molecule has 0 spiro atoms. The maximum absolute atomic E-state index is 3.76. The van der Waals surface area contributed by atoms with Crippen molar-refractivity contribution in [2.75, 3.05) is 4.90 Å². The van der Waals surface area contributed by atoms with Crippen LogP contribution in [-0.2, 0) is 5.41 Å². The van der Waals surface area contributed by atoms with Gasteiger partial charge in [0.15, 0.2) is 0 Å². The van der Waals surface area contributed by atoms with Gasteiger partial charge in [0.25, 0.3) is 0 Å². The van der Waals surface area contributed by atoms with Crippen LogP contribution in [0.2, 0.25) is 0 Å². The van der Waals surface area contributed by atoms with E-state index in [-0.39, 0.29) is 5.41 Å². The summed E-state index contributed by atoms with van der Waals surface area (Å²) in [5, 5.41) is 0. The zero-order chi connectivity index (χ0) is 28.0. The topological polar surface area (TPSA) is 3.24 Å². The molecule has 1 nitrogen and oxygen atoms in total. The van der Waals surface area contributed by atoms with Crippen LogP contribution in [0.5, 0.6) is 0 Å². The molecule has 0 radical (unpaired) electrons. The highest BCUT2D eigenvalue weighted by atomic mass is 79.9. The highest BCUT2D eigenvalue weighted by Crippen LogP contribution is 2.50. The predicted molar refractivity (Wildman–Crippen MR) is 177 cm³/mol. The molecule has 198 valence electrons. The van der Waals surface area contributed by atoms with E-state index in [0.29, 0.717) is 0 Å². The third kappa shape index (κ3) is 4.49. The first-order chi connectivity index (χ1) is 20.0. The molecule has 0 N–H and O–H groups in total. The minimum absolute atomic E-state index is 0.0679. The van der Waals surface area contributed by atoms with Crippen molar-refractivity contribution in [1.82, 2.24) is 0 Å². The van der Waals surface area contributed by atoms with Crippen molar-refractivity contribution in [3.8, 4) is 33.4 Å². The van der Waals surface area contributed by atoms with E-state index >= 15 is 0 Å². The maximum atomic E-state index is 3.76. The van der Waals surface area contributed by atoms with E-state index in [4.69, 9.17) is 0 Å². The Kier molecular flexibility index (Phi) is 6.37. The maximum Gasteiger partial charge on any atom is 0.0467 e. The molecule has 0 saturated heterocycles. The van der Waals surface area contributed by atoms with Gasteiger partial charge < -0.3 is 4.90 Å². The van der Waals surface area contributed by atoms with Crippen molar-refractivity contribution in [2.24, 2.45) is 0 Å². The number of hydrogen-bond donors (Lipinski definition) is 0. The molecule has 1 aliphatic carbocycles. The van der Waals surface area contributed by atoms with Crippen LogP contribution in [0.15, 0.2) is 150 Å². The molecular weight excluding hydrogens is 562 g/mol. The lowest BCUT2D eigenvalue weighted by Crippen LogP contribution is -2.16. The van der Waals surface area contributed by atoms with Crippen LogP contribution < -0.4 is 4.90 Å². The van der Waals surface area contributed by atoms with E-state index in [9.17, 15) is 0 Å². The average Bonchev–Trinajstić information content (AvgIpc) is 3.25. The van der Waals surface area contributed by atoms with Gasteiger partial charge in [-0.3, -0.25) is 0 Å². The summed E-state index contributed by atoms with van der Waals surface area (Å²) < 4.78 is 1.09. The highest BCUT2D eigenvalue weighted by Gasteiger charge is 2.35. The molecule has 2 heteroatoms. The van der Waals surface area contributed by atoms with Crippen molar-refractivity contribution < 1.29 is 0 Å². The summed E-state index contributed by atoms with van der Waals surface area (Å²) in [6.07, 6.45) is 0. The van der Waals surface area contributed by atoms with E-state index in [1.54, 1.807) is 0 Å². The summed E-state index contributed by atoms with van der Waals surface area (Å²) in [4.78, 5) is 2.38. The van der Waals surface area contributed by atoms with Gasteiger partial charge in [0.1, 0.15) is 0 Å². The minimum Gasteiger partial charge on any atom is -0.310 e. The Morgan fingerprint density at radius 3 is 1.80 bits per heavy atom. The Morgan fingerprint density at radius 2 is 1.02 bits per heavy atom. The molecule has 0 unspecified atom stereocenters. The molecule has 6 aromatic carbocycles. The number of halogens is 1. The van der Waals surface area contributed by atoms with E-state index in [1.807, 2.05) is 0 Å². The highest BCUT2D eigenvalue weighted by molar-refractivity contribution is 9.10. The van der Waals surface area contributed by atoms with Gasteiger partial charge in [-0.05, 0) is 87.0 Å². The van der Waals surface area contributed by atoms with Gasteiger partial charge in [-0.15, -0.1) is 0 Å². The van der Waals surface area contributed by atoms with Crippen molar-refractivity contribution in [1.29, 1.82) is 0 Å². The summed E-state index contributed by atoms with van der Waals surface area (Å²) in [5.74, 6) is 0. The fraction of sp³-hybridized carbons (Fsp3) is 0.0769. The molecule has 41 heavy (non-hydrogen) atoms. The first-order valence-electron chi connectivity index (χ1n) is 14.1. The van der Waals surface area contributed by atoms with Crippen LogP contribution in [0.4, 0.5) is 17.1 Å². The van der Waals surface area contributed by atoms with Gasteiger partial charge in [0.05, 0.1) is 0 Å². The van der Waals surface area contributed by atoms with Gasteiger partial charge in [-0.2, -0.15) is 0 Å². The van der Waals surface area contributed by atoms with Gasteiger partial charge in [0, 0.05) is 26.9 Å². The third-order valence-electron chi connectivity index (χ3n) is 8.35. The second-order valence-electron chi connectivity index (χ2n) is 11.2. The Labute approximate surface area is 250 Å². The Balaban J connectivity index is 1.38. The number of benzene rings is 6. The van der Waals surface area contributed by atoms with Gasteiger partial charge >= 0.3 is 0 Å². The van der Waals surface area contributed by atoms with Crippen molar-refractivity contribution in [3.05, 3.63) is 161 Å². The number of rotatable bonds is 5. The fourth-order valence-corrected chi connectivity index (χ4v) is 6.73. The second-order valence-corrected chi connectivity index (χ2v) is 12.0. The van der Waals surface area contributed by atoms with E-state index in [1.165, 1.54) is 44.5 Å². The number of fused-ring (bicyclic) bond motifs is 3. The van der Waals surface area contributed by atoms with Crippen molar-refractivity contribution in [3.63, 3.8) is 0 Å². The molecule has 0 fully saturated rings. The monoisotopic (exact) mass is 591 g/mol. The molecule has 0 amide bonds. The van der Waals surface area contributed by atoms with Gasteiger partial charge in [-0.25, -0.2) is 0 Å². The Bertz CT molecular complexity index is 1870. The second kappa shape index (κ2) is 10.2. The Morgan fingerprint density at radius 1 is 0.439 bits per heavy atom. The Hall–Kier alpha value is -4.40. The zero-order valence-corrected chi connectivity index (χ0v) is 24.8. The first kappa shape index (κ1) is 25.6. The van der Waals surface area contributed by atoms with Crippen LogP contribution in [0, 0.1) is 0 Å². The molecular formula is C39H30BrN. The third-order valence-corrected chi connectivity index (χ3v) is 9.04. The van der Waals surface area contributed by atoms with Gasteiger partial charge in [0.2, 0.25) is 0 Å². The summed E-state index contributed by atoms with van der Waals surface area (Å²) in [6, 6.07) is 52.5. The minimum atomic E-state index is -0.0679. The van der Waals surface area contributed by atoms with E-state index in [0.717, 1.165) is 21.5 Å². The van der Waals surface area contributed by atoms with Crippen LogP contribution in [0.25, 0.3) is 33.4 Å². The molecule has 0 atom stereocenters. The lowest BCUT2D eigenvalue weighted by molar-refractivity contribution is 0.660. The summed E-state index contributed by atoms with van der Waals surface area (Å²) in [7, 11) is 0. The quantitative estimate of drug-likeness (QED) is 0.193. The van der Waals surface area contributed by atoms with E-state index < -0.39 is 0 Å². The number of hydrogen-bond acceptors (Lipinski definition) is 1. The van der Waals surface area contributed by atoms with Crippen molar-refractivity contribution >= 4 is 33.0 Å². The SMILES string of the molecule is CC1(C)c2ccccc2-c2ccc(N(c3ccc(-c4ccccc4)cc3)c3cccc(-c4ccccc4Br)c3)cc21. The smallest absolute Gasteiger partial charge is 0.0467 e. The van der Waals surface area contributed by atoms with E-state index in [2.05, 4.69) is 180 Å². The summed E-state index contributed by atoms with van der Waals surface area (Å²) in [5.41, 5.74) is 13.5. The number of nitrogens with zero attached hydrogens (tertiary/aromatic N) is 1. The molecule has 1 aliphatic rings. The normalized spacial score (nSPS) is 13.0. The van der Waals surface area contributed by atoms with Gasteiger partial charge in [-0.1, -0.05) is 133 Å². The molecule has 0 heterocycles. The lowest BCUT2D eigenvalue weighted by atomic mass is 9.82. The molecule has 0 bridgehead atoms. The average molecular weight is 593 g/mol. The van der Waals surface area contributed by atoms with Crippen LogP contribution >= 0.6 is 15.9 Å². The molecule has 0 aromatic heterocycles.